The minimum Gasteiger partial charge on any atom is -0.350 e. The van der Waals surface area contributed by atoms with Crippen molar-refractivity contribution in [1.29, 1.82) is 0 Å². The number of carbonyl (C=O) groups is 1. The van der Waals surface area contributed by atoms with Crippen LogP contribution in [-0.4, -0.2) is 30.4 Å². The molecule has 4 rings (SSSR count). The summed E-state index contributed by atoms with van der Waals surface area (Å²) in [6, 6.07) is 20.5. The SMILES string of the molecule is O=C(CN(c1ccccc1F)S(=O)(=O)c1ccccc1)NCc1ccccc1-n1ccnc1. The Kier molecular flexibility index (Phi) is 6.50. The lowest BCUT2D eigenvalue weighted by molar-refractivity contribution is -0.119. The summed E-state index contributed by atoms with van der Waals surface area (Å²) in [5.74, 6) is -1.31. The van der Waals surface area contributed by atoms with Crippen LogP contribution in [0.4, 0.5) is 10.1 Å². The van der Waals surface area contributed by atoms with Crippen molar-refractivity contribution >= 4 is 21.6 Å². The van der Waals surface area contributed by atoms with E-state index in [4.69, 9.17) is 0 Å². The van der Waals surface area contributed by atoms with Gasteiger partial charge in [0.25, 0.3) is 10.0 Å². The Bertz CT molecular complexity index is 1340. The average molecular weight is 465 g/mol. The summed E-state index contributed by atoms with van der Waals surface area (Å²) in [5, 5.41) is 2.74. The third-order valence-electron chi connectivity index (χ3n) is 4.99. The molecule has 4 aromatic rings. The molecule has 0 fully saturated rings. The zero-order chi connectivity index (χ0) is 23.3. The zero-order valence-electron chi connectivity index (χ0n) is 17.5. The van der Waals surface area contributed by atoms with E-state index in [1.54, 1.807) is 36.9 Å². The Labute approximate surface area is 191 Å². The fraction of sp³-hybridized carbons (Fsp3) is 0.0833. The molecule has 168 valence electrons. The van der Waals surface area contributed by atoms with E-state index in [-0.39, 0.29) is 17.1 Å². The molecule has 0 saturated carbocycles. The monoisotopic (exact) mass is 464 g/mol. The number of rotatable bonds is 8. The molecule has 7 nitrogen and oxygen atoms in total. The van der Waals surface area contributed by atoms with Crippen molar-refractivity contribution in [3.8, 4) is 5.69 Å². The van der Waals surface area contributed by atoms with Crippen LogP contribution < -0.4 is 9.62 Å². The van der Waals surface area contributed by atoms with E-state index in [1.807, 2.05) is 28.8 Å². The number of nitrogens with one attached hydrogen (secondary N) is 1. The maximum absolute atomic E-state index is 14.6. The van der Waals surface area contributed by atoms with Gasteiger partial charge in [0.1, 0.15) is 12.4 Å². The van der Waals surface area contributed by atoms with Gasteiger partial charge in [-0.15, -0.1) is 0 Å². The number of sulfonamides is 1. The number of anilines is 1. The summed E-state index contributed by atoms with van der Waals surface area (Å²) in [7, 11) is -4.18. The molecule has 0 spiro atoms. The molecule has 0 bridgehead atoms. The molecule has 1 N–H and O–H groups in total. The van der Waals surface area contributed by atoms with E-state index < -0.39 is 28.3 Å². The number of hydrogen-bond acceptors (Lipinski definition) is 4. The molecule has 1 heterocycles. The van der Waals surface area contributed by atoms with Crippen molar-refractivity contribution in [2.45, 2.75) is 11.4 Å². The predicted molar refractivity (Wildman–Crippen MR) is 123 cm³/mol. The smallest absolute Gasteiger partial charge is 0.264 e. The van der Waals surface area contributed by atoms with Crippen LogP contribution in [0.2, 0.25) is 0 Å². The Balaban J connectivity index is 1.58. The lowest BCUT2D eigenvalue weighted by Gasteiger charge is -2.24. The highest BCUT2D eigenvalue weighted by Crippen LogP contribution is 2.26. The first kappa shape index (κ1) is 22.2. The largest absolute Gasteiger partial charge is 0.350 e. The molecule has 0 radical (unpaired) electrons. The van der Waals surface area contributed by atoms with Gasteiger partial charge in [0.15, 0.2) is 0 Å². The molecule has 0 aliphatic heterocycles. The van der Waals surface area contributed by atoms with Gasteiger partial charge in [0, 0.05) is 18.9 Å². The van der Waals surface area contributed by atoms with Crippen LogP contribution in [0.25, 0.3) is 5.69 Å². The van der Waals surface area contributed by atoms with E-state index in [2.05, 4.69) is 10.3 Å². The van der Waals surface area contributed by atoms with Gasteiger partial charge < -0.3 is 9.88 Å². The van der Waals surface area contributed by atoms with E-state index in [1.165, 1.54) is 30.3 Å². The van der Waals surface area contributed by atoms with Crippen LogP contribution in [0.1, 0.15) is 5.56 Å². The summed E-state index contributed by atoms with van der Waals surface area (Å²) in [5.41, 5.74) is 1.45. The molecule has 0 aliphatic rings. The lowest BCUT2D eigenvalue weighted by Crippen LogP contribution is -2.41. The Morgan fingerprint density at radius 3 is 2.39 bits per heavy atom. The van der Waals surface area contributed by atoms with Crippen molar-refractivity contribution in [2.24, 2.45) is 0 Å². The molecule has 0 saturated heterocycles. The second-order valence-electron chi connectivity index (χ2n) is 7.15. The number of amides is 1. The predicted octanol–water partition coefficient (Wildman–Crippen LogP) is 3.52. The summed E-state index contributed by atoms with van der Waals surface area (Å²) in [6.45, 7) is -0.422. The quantitative estimate of drug-likeness (QED) is 0.432. The van der Waals surface area contributed by atoms with Crippen LogP contribution in [0.15, 0.2) is 102 Å². The van der Waals surface area contributed by atoms with E-state index in [0.717, 1.165) is 21.6 Å². The van der Waals surface area contributed by atoms with Gasteiger partial charge in [0.05, 0.1) is 22.6 Å². The van der Waals surface area contributed by atoms with Gasteiger partial charge in [-0.3, -0.25) is 9.10 Å². The van der Waals surface area contributed by atoms with E-state index in [9.17, 15) is 17.6 Å². The number of nitrogens with zero attached hydrogens (tertiary/aromatic N) is 3. The zero-order valence-corrected chi connectivity index (χ0v) is 18.3. The van der Waals surface area contributed by atoms with E-state index >= 15 is 0 Å². The second kappa shape index (κ2) is 9.66. The van der Waals surface area contributed by atoms with Gasteiger partial charge in [-0.05, 0) is 35.9 Å². The van der Waals surface area contributed by atoms with Gasteiger partial charge in [0.2, 0.25) is 5.91 Å². The molecule has 33 heavy (non-hydrogen) atoms. The third kappa shape index (κ3) is 4.93. The molecule has 0 aliphatic carbocycles. The van der Waals surface area contributed by atoms with Crippen molar-refractivity contribution in [3.63, 3.8) is 0 Å². The maximum atomic E-state index is 14.6. The minimum absolute atomic E-state index is 0.0356. The fourth-order valence-corrected chi connectivity index (χ4v) is 4.82. The van der Waals surface area contributed by atoms with Gasteiger partial charge in [-0.1, -0.05) is 48.5 Å². The molecule has 0 unspecified atom stereocenters. The van der Waals surface area contributed by atoms with Gasteiger partial charge in [-0.25, -0.2) is 17.8 Å². The van der Waals surface area contributed by atoms with Crippen LogP contribution >= 0.6 is 0 Å². The van der Waals surface area contributed by atoms with Crippen LogP contribution in [0.5, 0.6) is 0 Å². The Morgan fingerprint density at radius 1 is 0.970 bits per heavy atom. The standard InChI is InChI=1S/C24H21FN4O3S/c25-21-11-5-7-13-23(21)29(33(31,32)20-9-2-1-3-10-20)17-24(30)27-16-19-8-4-6-12-22(19)28-15-14-26-18-28/h1-15,18H,16-17H2,(H,27,30). The number of carbonyl (C=O) groups excluding carboxylic acids is 1. The van der Waals surface area contributed by atoms with Crippen molar-refractivity contribution < 1.29 is 17.6 Å². The molecule has 1 aromatic heterocycles. The number of halogens is 1. The highest BCUT2D eigenvalue weighted by Gasteiger charge is 2.29. The number of para-hydroxylation sites is 2. The number of imidazole rings is 1. The third-order valence-corrected chi connectivity index (χ3v) is 6.76. The fourth-order valence-electron chi connectivity index (χ4n) is 3.37. The summed E-state index contributed by atoms with van der Waals surface area (Å²) in [6.07, 6.45) is 5.08. The Morgan fingerprint density at radius 2 is 1.67 bits per heavy atom. The molecule has 0 atom stereocenters. The lowest BCUT2D eigenvalue weighted by atomic mass is 10.1. The van der Waals surface area contributed by atoms with Gasteiger partial charge in [-0.2, -0.15) is 0 Å². The molecular weight excluding hydrogens is 443 g/mol. The van der Waals surface area contributed by atoms with Crippen molar-refractivity contribution in [3.05, 3.63) is 109 Å². The first-order valence-electron chi connectivity index (χ1n) is 10.1. The summed E-state index contributed by atoms with van der Waals surface area (Å²) < 4.78 is 43.7. The van der Waals surface area contributed by atoms with Crippen LogP contribution in [-0.2, 0) is 21.4 Å². The highest BCUT2D eigenvalue weighted by atomic mass is 32.2. The maximum Gasteiger partial charge on any atom is 0.264 e. The normalized spacial score (nSPS) is 11.2. The minimum atomic E-state index is -4.18. The number of hydrogen-bond donors (Lipinski definition) is 1. The average Bonchev–Trinajstić information content (AvgIpc) is 3.37. The van der Waals surface area contributed by atoms with Crippen molar-refractivity contribution in [2.75, 3.05) is 10.8 Å². The Hall–Kier alpha value is -3.98. The number of aromatic nitrogens is 2. The van der Waals surface area contributed by atoms with Crippen LogP contribution in [0, 0.1) is 5.82 Å². The highest BCUT2D eigenvalue weighted by molar-refractivity contribution is 7.92. The molecule has 3 aromatic carbocycles. The summed E-state index contributed by atoms with van der Waals surface area (Å²) >= 11 is 0. The van der Waals surface area contributed by atoms with Crippen LogP contribution in [0.3, 0.4) is 0 Å². The second-order valence-corrected chi connectivity index (χ2v) is 9.01. The first-order valence-corrected chi connectivity index (χ1v) is 11.6. The molecule has 1 amide bonds. The molecule has 9 heteroatoms. The first-order chi connectivity index (χ1) is 16.0. The topological polar surface area (TPSA) is 84.3 Å². The summed E-state index contributed by atoms with van der Waals surface area (Å²) in [4.78, 5) is 16.8. The van der Waals surface area contributed by atoms with Crippen molar-refractivity contribution in [1.82, 2.24) is 14.9 Å². The van der Waals surface area contributed by atoms with Gasteiger partial charge >= 0.3 is 0 Å². The van der Waals surface area contributed by atoms with E-state index in [0.29, 0.717) is 0 Å². The molecular formula is C24H21FN4O3S. The number of benzene rings is 3.